The predicted octanol–water partition coefficient (Wildman–Crippen LogP) is 3.20. The number of aromatic nitrogens is 4. The van der Waals surface area contributed by atoms with Crippen LogP contribution < -0.4 is 0 Å². The Hall–Kier alpha value is -2.21. The van der Waals surface area contributed by atoms with Gasteiger partial charge in [0, 0.05) is 30.2 Å². The van der Waals surface area contributed by atoms with Crippen molar-refractivity contribution in [2.45, 2.75) is 44.1 Å². The molecule has 3 aromatic rings. The molecule has 0 bridgehead atoms. The van der Waals surface area contributed by atoms with Crippen molar-refractivity contribution < 1.29 is 4.52 Å². The van der Waals surface area contributed by atoms with Gasteiger partial charge in [-0.25, -0.2) is 4.98 Å². The van der Waals surface area contributed by atoms with Gasteiger partial charge in [-0.1, -0.05) is 5.16 Å². The predicted molar refractivity (Wildman–Crippen MR) is 89.6 cm³/mol. The molecule has 5 rings (SSSR count). The van der Waals surface area contributed by atoms with Gasteiger partial charge in [0.15, 0.2) is 5.82 Å². The molecule has 1 saturated heterocycles. The number of pyridine rings is 1. The van der Waals surface area contributed by atoms with Crippen LogP contribution in [0, 0.1) is 0 Å². The molecule has 1 unspecified atom stereocenters. The molecule has 3 aromatic heterocycles. The Morgan fingerprint density at radius 1 is 1.25 bits per heavy atom. The van der Waals surface area contributed by atoms with E-state index in [4.69, 9.17) is 4.52 Å². The van der Waals surface area contributed by atoms with Crippen LogP contribution in [0.1, 0.15) is 54.8 Å². The minimum absolute atomic E-state index is 0.530. The molecule has 0 aromatic carbocycles. The highest BCUT2D eigenvalue weighted by molar-refractivity contribution is 5.80. The van der Waals surface area contributed by atoms with E-state index < -0.39 is 0 Å². The second-order valence-electron chi connectivity index (χ2n) is 7.04. The first kappa shape index (κ1) is 14.2. The Bertz CT molecular complexity index is 850. The molecule has 1 saturated carbocycles. The molecule has 1 aliphatic heterocycles. The van der Waals surface area contributed by atoms with Crippen LogP contribution in [0.2, 0.25) is 0 Å². The lowest BCUT2D eigenvalue weighted by molar-refractivity contribution is 0.177. The van der Waals surface area contributed by atoms with Crippen molar-refractivity contribution in [2.24, 2.45) is 0 Å². The minimum atomic E-state index is 0.530. The molecule has 6 heteroatoms. The van der Waals surface area contributed by atoms with Crippen LogP contribution in [0.4, 0.5) is 0 Å². The highest BCUT2D eigenvalue weighted by Crippen LogP contribution is 2.38. The van der Waals surface area contributed by atoms with Crippen LogP contribution in [-0.4, -0.2) is 38.1 Å². The number of piperidine rings is 1. The van der Waals surface area contributed by atoms with Crippen molar-refractivity contribution in [3.05, 3.63) is 41.8 Å². The van der Waals surface area contributed by atoms with Gasteiger partial charge in [0.25, 0.3) is 0 Å². The summed E-state index contributed by atoms with van der Waals surface area (Å²) in [6.45, 7) is 2.89. The summed E-state index contributed by atoms with van der Waals surface area (Å²) in [7, 11) is 0. The number of aromatic amines is 1. The highest BCUT2D eigenvalue weighted by Gasteiger charge is 2.30. The zero-order valence-electron chi connectivity index (χ0n) is 13.6. The summed E-state index contributed by atoms with van der Waals surface area (Å²) >= 11 is 0. The second-order valence-corrected chi connectivity index (χ2v) is 7.04. The molecule has 6 nitrogen and oxygen atoms in total. The van der Waals surface area contributed by atoms with Crippen LogP contribution in [0.25, 0.3) is 11.0 Å². The maximum atomic E-state index is 5.45. The third-order valence-electron chi connectivity index (χ3n) is 5.21. The van der Waals surface area contributed by atoms with Crippen molar-refractivity contribution in [3.63, 3.8) is 0 Å². The summed E-state index contributed by atoms with van der Waals surface area (Å²) in [4.78, 5) is 14.7. The molecule has 0 spiro atoms. The van der Waals surface area contributed by atoms with Crippen molar-refractivity contribution >= 4 is 11.0 Å². The number of fused-ring (bicyclic) bond motifs is 1. The third kappa shape index (κ3) is 2.60. The number of rotatable bonds is 4. The largest absolute Gasteiger partial charge is 0.346 e. The van der Waals surface area contributed by atoms with E-state index in [0.29, 0.717) is 11.8 Å². The normalized spacial score (nSPS) is 22.2. The molecule has 24 heavy (non-hydrogen) atoms. The van der Waals surface area contributed by atoms with E-state index in [1.165, 1.54) is 36.6 Å². The van der Waals surface area contributed by atoms with Gasteiger partial charge >= 0.3 is 0 Å². The lowest BCUT2D eigenvalue weighted by atomic mass is 9.91. The Kier molecular flexibility index (Phi) is 3.36. The van der Waals surface area contributed by atoms with E-state index in [9.17, 15) is 0 Å². The Morgan fingerprint density at radius 2 is 2.21 bits per heavy atom. The monoisotopic (exact) mass is 323 g/mol. The lowest BCUT2D eigenvalue weighted by Crippen LogP contribution is -2.33. The zero-order chi connectivity index (χ0) is 15.9. The maximum Gasteiger partial charge on any atom is 0.240 e. The summed E-state index contributed by atoms with van der Waals surface area (Å²) in [6.07, 6.45) is 8.79. The van der Waals surface area contributed by atoms with Crippen LogP contribution in [-0.2, 0) is 6.54 Å². The fourth-order valence-corrected chi connectivity index (χ4v) is 3.80. The Labute approximate surface area is 140 Å². The molecule has 1 atom stereocenters. The highest BCUT2D eigenvalue weighted by atomic mass is 16.5. The van der Waals surface area contributed by atoms with Gasteiger partial charge in [0.1, 0.15) is 5.65 Å². The molecule has 124 valence electrons. The summed E-state index contributed by atoms with van der Waals surface area (Å²) in [5, 5.41) is 5.38. The van der Waals surface area contributed by atoms with Gasteiger partial charge in [-0.3, -0.25) is 4.90 Å². The average molecular weight is 323 g/mol. The molecular weight excluding hydrogens is 302 g/mol. The van der Waals surface area contributed by atoms with E-state index in [-0.39, 0.29) is 0 Å². The van der Waals surface area contributed by atoms with Crippen LogP contribution in [0.15, 0.2) is 29.0 Å². The van der Waals surface area contributed by atoms with Gasteiger partial charge in [0.05, 0.1) is 6.54 Å². The molecule has 1 aliphatic carbocycles. The van der Waals surface area contributed by atoms with E-state index in [0.717, 1.165) is 37.0 Å². The van der Waals surface area contributed by atoms with Crippen molar-refractivity contribution in [3.8, 4) is 0 Å². The summed E-state index contributed by atoms with van der Waals surface area (Å²) in [5.74, 6) is 2.75. The van der Waals surface area contributed by atoms with Gasteiger partial charge in [0.2, 0.25) is 5.89 Å². The topological polar surface area (TPSA) is 70.8 Å². The van der Waals surface area contributed by atoms with Crippen molar-refractivity contribution in [1.82, 2.24) is 25.0 Å². The number of hydrogen-bond donors (Lipinski definition) is 1. The smallest absolute Gasteiger partial charge is 0.240 e. The van der Waals surface area contributed by atoms with E-state index >= 15 is 0 Å². The van der Waals surface area contributed by atoms with E-state index in [1.54, 1.807) is 0 Å². The minimum Gasteiger partial charge on any atom is -0.346 e. The fourth-order valence-electron chi connectivity index (χ4n) is 3.80. The van der Waals surface area contributed by atoms with Gasteiger partial charge in [-0.05, 0) is 55.8 Å². The standard InChI is InChI=1S/C18H21N5O/c1-4-14-15(9-20-18(14)19-7-1)13-3-2-8-23(10-13)11-16-21-17(22-24-16)12-5-6-12/h1,4,7,9,12-13H,2-3,5-6,8,10-11H2,(H,19,20). The molecule has 0 amide bonds. The maximum absolute atomic E-state index is 5.45. The number of nitrogens with zero attached hydrogens (tertiary/aromatic N) is 4. The zero-order valence-corrected chi connectivity index (χ0v) is 13.6. The molecular formula is C18H21N5O. The number of likely N-dealkylation sites (tertiary alicyclic amines) is 1. The molecule has 4 heterocycles. The fraction of sp³-hybridized carbons (Fsp3) is 0.500. The van der Waals surface area contributed by atoms with E-state index in [1.807, 2.05) is 12.3 Å². The SMILES string of the molecule is c1cnc2[nH]cc(C3CCCN(Cc4nc(C5CC5)no4)C3)c2c1. The quantitative estimate of drug-likeness (QED) is 0.798. The molecule has 0 radical (unpaired) electrons. The third-order valence-corrected chi connectivity index (χ3v) is 5.21. The molecule has 2 aliphatic rings. The Balaban J connectivity index is 1.32. The first-order chi connectivity index (χ1) is 11.9. The average Bonchev–Trinajstić information content (AvgIpc) is 3.21. The first-order valence-corrected chi connectivity index (χ1v) is 8.83. The summed E-state index contributed by atoms with van der Waals surface area (Å²) in [6, 6.07) is 4.17. The van der Waals surface area contributed by atoms with Crippen molar-refractivity contribution in [1.29, 1.82) is 0 Å². The van der Waals surface area contributed by atoms with Crippen molar-refractivity contribution in [2.75, 3.05) is 13.1 Å². The van der Waals surface area contributed by atoms with Crippen LogP contribution in [0.3, 0.4) is 0 Å². The Morgan fingerprint density at radius 3 is 3.12 bits per heavy atom. The van der Waals surface area contributed by atoms with Gasteiger partial charge in [-0.2, -0.15) is 4.98 Å². The van der Waals surface area contributed by atoms with Crippen LogP contribution >= 0.6 is 0 Å². The number of nitrogens with one attached hydrogen (secondary N) is 1. The first-order valence-electron chi connectivity index (χ1n) is 8.83. The van der Waals surface area contributed by atoms with Crippen LogP contribution in [0.5, 0.6) is 0 Å². The van der Waals surface area contributed by atoms with Gasteiger partial charge < -0.3 is 9.51 Å². The summed E-state index contributed by atoms with van der Waals surface area (Å²) < 4.78 is 5.45. The number of hydrogen-bond acceptors (Lipinski definition) is 5. The number of H-pyrrole nitrogens is 1. The lowest BCUT2D eigenvalue weighted by Gasteiger charge is -2.31. The molecule has 1 N–H and O–H groups in total. The van der Waals surface area contributed by atoms with E-state index in [2.05, 4.69) is 37.3 Å². The molecule has 2 fully saturated rings. The van der Waals surface area contributed by atoms with Gasteiger partial charge in [-0.15, -0.1) is 0 Å². The second kappa shape index (κ2) is 5.70. The summed E-state index contributed by atoms with van der Waals surface area (Å²) in [5.41, 5.74) is 2.36.